The van der Waals surface area contributed by atoms with Crippen molar-refractivity contribution in [3.05, 3.63) is 95.3 Å². The van der Waals surface area contributed by atoms with Gasteiger partial charge in [0.05, 0.1) is 0 Å². The Morgan fingerprint density at radius 2 is 1.44 bits per heavy atom. The summed E-state index contributed by atoms with van der Waals surface area (Å²) in [6, 6.07) is 19.1. The van der Waals surface area contributed by atoms with Gasteiger partial charge in [0.25, 0.3) is 11.8 Å². The molecular weight excluding hydrogens is 409 g/mol. The molecule has 3 aromatic rings. The van der Waals surface area contributed by atoms with Gasteiger partial charge in [-0.3, -0.25) is 14.4 Å². The van der Waals surface area contributed by atoms with Gasteiger partial charge in [0, 0.05) is 35.0 Å². The fourth-order valence-electron chi connectivity index (χ4n) is 3.14. The molecule has 0 aliphatic heterocycles. The lowest BCUT2D eigenvalue weighted by atomic mass is 10.1. The first-order chi connectivity index (χ1) is 15.5. The summed E-state index contributed by atoms with van der Waals surface area (Å²) in [5.41, 5.74) is 2.88. The Bertz CT molecular complexity index is 1140. The number of carbonyl (C=O) groups is 3. The highest BCUT2D eigenvalue weighted by Gasteiger charge is 2.29. The number of amides is 3. The van der Waals surface area contributed by atoms with Gasteiger partial charge in [0.1, 0.15) is 5.82 Å². The minimum absolute atomic E-state index is 0.0219. The molecule has 3 amide bonds. The second-order valence-corrected chi connectivity index (χ2v) is 7.68. The molecule has 6 nitrogen and oxygen atoms in total. The monoisotopic (exact) mass is 431 g/mol. The van der Waals surface area contributed by atoms with Crippen LogP contribution in [0.3, 0.4) is 0 Å². The zero-order valence-corrected chi connectivity index (χ0v) is 17.2. The zero-order chi connectivity index (χ0) is 22.5. The first-order valence-electron chi connectivity index (χ1n) is 10.3. The lowest BCUT2D eigenvalue weighted by molar-refractivity contribution is -0.117. The smallest absolute Gasteiger partial charge is 0.255 e. The van der Waals surface area contributed by atoms with E-state index in [9.17, 15) is 18.8 Å². The molecule has 4 rings (SSSR count). The topological polar surface area (TPSA) is 87.3 Å². The minimum atomic E-state index is -0.406. The standard InChI is InChI=1S/C25H22FN3O3/c26-20-10-6-19(7-11-20)25(32)29-22-3-1-2-16(14-22)15-27-23(30)17-8-12-21(13-9-17)28-24(31)18-4-5-18/h1-3,6-14,18H,4-5,15H2,(H,27,30)(H,28,31)(H,29,32). The van der Waals surface area contributed by atoms with Crippen LogP contribution in [0.25, 0.3) is 0 Å². The molecule has 1 aliphatic carbocycles. The van der Waals surface area contributed by atoms with Gasteiger partial charge in [-0.05, 0) is 79.1 Å². The van der Waals surface area contributed by atoms with Crippen molar-refractivity contribution in [2.24, 2.45) is 5.92 Å². The summed E-state index contributed by atoms with van der Waals surface area (Å²) in [6.07, 6.45) is 1.87. The number of halogens is 1. The summed E-state index contributed by atoms with van der Waals surface area (Å²) in [4.78, 5) is 36.5. The third-order valence-electron chi connectivity index (χ3n) is 5.11. The predicted octanol–water partition coefficient (Wildman–Crippen LogP) is 4.36. The first-order valence-corrected chi connectivity index (χ1v) is 10.3. The highest BCUT2D eigenvalue weighted by atomic mass is 19.1. The van der Waals surface area contributed by atoms with Crippen LogP contribution in [0.5, 0.6) is 0 Å². The van der Waals surface area contributed by atoms with Crippen molar-refractivity contribution >= 4 is 29.1 Å². The lowest BCUT2D eigenvalue weighted by Crippen LogP contribution is -2.23. The maximum atomic E-state index is 13.0. The van der Waals surface area contributed by atoms with Gasteiger partial charge in [-0.2, -0.15) is 0 Å². The molecule has 0 bridgehead atoms. The van der Waals surface area contributed by atoms with Gasteiger partial charge < -0.3 is 16.0 Å². The second kappa shape index (κ2) is 9.43. The molecule has 32 heavy (non-hydrogen) atoms. The van der Waals surface area contributed by atoms with Gasteiger partial charge >= 0.3 is 0 Å². The largest absolute Gasteiger partial charge is 0.348 e. The Morgan fingerprint density at radius 3 is 2.12 bits per heavy atom. The molecular formula is C25H22FN3O3. The van der Waals surface area contributed by atoms with Crippen molar-refractivity contribution in [2.75, 3.05) is 10.6 Å². The van der Waals surface area contributed by atoms with Crippen molar-refractivity contribution in [1.82, 2.24) is 5.32 Å². The summed E-state index contributed by atoms with van der Waals surface area (Å²) in [6.45, 7) is 0.277. The average Bonchev–Trinajstić information content (AvgIpc) is 3.64. The maximum Gasteiger partial charge on any atom is 0.255 e. The third kappa shape index (κ3) is 5.57. The maximum absolute atomic E-state index is 13.0. The number of hydrogen-bond donors (Lipinski definition) is 3. The molecule has 3 aromatic carbocycles. The van der Waals surface area contributed by atoms with Crippen LogP contribution in [-0.2, 0) is 11.3 Å². The Morgan fingerprint density at radius 1 is 0.781 bits per heavy atom. The molecule has 1 aliphatic rings. The van der Waals surface area contributed by atoms with Gasteiger partial charge in [-0.1, -0.05) is 12.1 Å². The molecule has 0 saturated heterocycles. The highest BCUT2D eigenvalue weighted by Crippen LogP contribution is 2.30. The van der Waals surface area contributed by atoms with E-state index < -0.39 is 5.82 Å². The molecule has 3 N–H and O–H groups in total. The normalized spacial score (nSPS) is 12.7. The zero-order valence-electron chi connectivity index (χ0n) is 17.2. The van der Waals surface area contributed by atoms with Crippen LogP contribution >= 0.6 is 0 Å². The summed E-state index contributed by atoms with van der Waals surface area (Å²) in [5.74, 6) is -0.856. The molecule has 162 valence electrons. The number of anilines is 2. The number of hydrogen-bond acceptors (Lipinski definition) is 3. The minimum Gasteiger partial charge on any atom is -0.348 e. The van der Waals surface area contributed by atoms with E-state index in [1.165, 1.54) is 24.3 Å². The van der Waals surface area contributed by atoms with E-state index in [0.29, 0.717) is 22.5 Å². The van der Waals surface area contributed by atoms with Crippen LogP contribution in [0.15, 0.2) is 72.8 Å². The molecule has 0 aromatic heterocycles. The quantitative estimate of drug-likeness (QED) is 0.520. The van der Waals surface area contributed by atoms with E-state index >= 15 is 0 Å². The lowest BCUT2D eigenvalue weighted by Gasteiger charge is -2.10. The van der Waals surface area contributed by atoms with Crippen LogP contribution in [-0.4, -0.2) is 17.7 Å². The predicted molar refractivity (Wildman–Crippen MR) is 120 cm³/mol. The van der Waals surface area contributed by atoms with E-state index in [0.717, 1.165) is 18.4 Å². The molecule has 0 spiro atoms. The van der Waals surface area contributed by atoms with Crippen molar-refractivity contribution in [3.63, 3.8) is 0 Å². The fourth-order valence-corrected chi connectivity index (χ4v) is 3.14. The molecule has 7 heteroatoms. The average molecular weight is 431 g/mol. The Kier molecular flexibility index (Phi) is 6.26. The molecule has 0 unspecified atom stereocenters. The SMILES string of the molecule is O=C(NCc1cccc(NC(=O)c2ccc(F)cc2)c1)c1ccc(NC(=O)C2CC2)cc1. The number of benzene rings is 3. The third-order valence-corrected chi connectivity index (χ3v) is 5.11. The fraction of sp³-hybridized carbons (Fsp3) is 0.160. The number of carbonyl (C=O) groups excluding carboxylic acids is 3. The molecule has 0 atom stereocenters. The van der Waals surface area contributed by atoms with Gasteiger partial charge in [-0.25, -0.2) is 4.39 Å². The molecule has 0 radical (unpaired) electrons. The summed E-state index contributed by atoms with van der Waals surface area (Å²) < 4.78 is 13.0. The van der Waals surface area contributed by atoms with Crippen molar-refractivity contribution in [2.45, 2.75) is 19.4 Å². The first kappa shape index (κ1) is 21.2. The van der Waals surface area contributed by atoms with E-state index in [1.807, 2.05) is 6.07 Å². The van der Waals surface area contributed by atoms with E-state index in [-0.39, 0.29) is 30.2 Å². The molecule has 0 heterocycles. The van der Waals surface area contributed by atoms with E-state index in [4.69, 9.17) is 0 Å². The number of rotatable bonds is 7. The summed E-state index contributed by atoms with van der Waals surface area (Å²) in [7, 11) is 0. The van der Waals surface area contributed by atoms with Gasteiger partial charge in [0.15, 0.2) is 0 Å². The number of nitrogens with one attached hydrogen (secondary N) is 3. The summed E-state index contributed by atoms with van der Waals surface area (Å²) >= 11 is 0. The molecule has 1 saturated carbocycles. The van der Waals surface area contributed by atoms with E-state index in [1.54, 1.807) is 42.5 Å². The van der Waals surface area contributed by atoms with Crippen molar-refractivity contribution < 1.29 is 18.8 Å². The van der Waals surface area contributed by atoms with Crippen LogP contribution in [0.4, 0.5) is 15.8 Å². The Labute approximate surface area is 184 Å². The summed E-state index contributed by atoms with van der Waals surface area (Å²) in [5, 5.41) is 8.44. The molecule has 1 fully saturated rings. The highest BCUT2D eigenvalue weighted by molar-refractivity contribution is 6.04. The van der Waals surface area contributed by atoms with E-state index in [2.05, 4.69) is 16.0 Å². The van der Waals surface area contributed by atoms with Crippen molar-refractivity contribution in [1.29, 1.82) is 0 Å². The van der Waals surface area contributed by atoms with Crippen LogP contribution in [0, 0.1) is 11.7 Å². The van der Waals surface area contributed by atoms with Crippen LogP contribution in [0.2, 0.25) is 0 Å². The van der Waals surface area contributed by atoms with Gasteiger partial charge in [-0.15, -0.1) is 0 Å². The van der Waals surface area contributed by atoms with Crippen molar-refractivity contribution in [3.8, 4) is 0 Å². The Balaban J connectivity index is 1.31. The second-order valence-electron chi connectivity index (χ2n) is 7.68. The van der Waals surface area contributed by atoms with Crippen LogP contribution in [0.1, 0.15) is 39.1 Å². The Hall–Kier alpha value is -4.00. The van der Waals surface area contributed by atoms with Gasteiger partial charge in [0.2, 0.25) is 5.91 Å². The van der Waals surface area contributed by atoms with Crippen LogP contribution < -0.4 is 16.0 Å².